The molecule has 1 aromatic rings. The molecule has 5 heteroatoms. The van der Waals surface area contributed by atoms with Gasteiger partial charge in [0.2, 0.25) is 0 Å². The van der Waals surface area contributed by atoms with Crippen LogP contribution >= 0.6 is 0 Å². The number of aryl methyl sites for hydroxylation is 1. The van der Waals surface area contributed by atoms with Crippen LogP contribution in [0.2, 0.25) is 0 Å². The van der Waals surface area contributed by atoms with Crippen molar-refractivity contribution >= 4 is 11.8 Å². The summed E-state index contributed by atoms with van der Waals surface area (Å²) in [5.41, 5.74) is 1.18. The van der Waals surface area contributed by atoms with E-state index in [1.165, 1.54) is 7.11 Å². The fourth-order valence-electron chi connectivity index (χ4n) is 1.57. The van der Waals surface area contributed by atoms with Gasteiger partial charge in [0.05, 0.1) is 18.4 Å². The van der Waals surface area contributed by atoms with Gasteiger partial charge >= 0.3 is 5.97 Å². The van der Waals surface area contributed by atoms with Crippen molar-refractivity contribution < 1.29 is 9.53 Å². The Balaban J connectivity index is 2.49. The van der Waals surface area contributed by atoms with E-state index in [9.17, 15) is 4.79 Å². The minimum absolute atomic E-state index is 0.351. The van der Waals surface area contributed by atoms with E-state index in [1.54, 1.807) is 19.1 Å². The van der Waals surface area contributed by atoms with Gasteiger partial charge in [0.25, 0.3) is 0 Å². The van der Waals surface area contributed by atoms with Gasteiger partial charge in [-0.25, -0.2) is 9.78 Å². The van der Waals surface area contributed by atoms with E-state index >= 15 is 0 Å². The second kappa shape index (κ2) is 7.66. The SMILES string of the molecule is CCCNCCNc1ccc(C(=O)OC)c(C)n1. The van der Waals surface area contributed by atoms with Gasteiger partial charge < -0.3 is 15.4 Å². The van der Waals surface area contributed by atoms with Crippen molar-refractivity contribution in [3.8, 4) is 0 Å². The first-order valence-electron chi connectivity index (χ1n) is 6.19. The van der Waals surface area contributed by atoms with Crippen molar-refractivity contribution in [2.75, 3.05) is 32.1 Å². The first-order valence-corrected chi connectivity index (χ1v) is 6.19. The molecular weight excluding hydrogens is 230 g/mol. The maximum Gasteiger partial charge on any atom is 0.339 e. The Bertz CT molecular complexity index is 394. The summed E-state index contributed by atoms with van der Waals surface area (Å²) in [6.45, 7) is 6.66. The van der Waals surface area contributed by atoms with Crippen LogP contribution in [0.5, 0.6) is 0 Å². The maximum absolute atomic E-state index is 11.4. The smallest absolute Gasteiger partial charge is 0.339 e. The number of methoxy groups -OCH3 is 1. The summed E-state index contributed by atoms with van der Waals surface area (Å²) >= 11 is 0. The first kappa shape index (κ1) is 14.4. The summed E-state index contributed by atoms with van der Waals surface area (Å²) in [5, 5.41) is 6.50. The van der Waals surface area contributed by atoms with Gasteiger partial charge in [-0.1, -0.05) is 6.92 Å². The van der Waals surface area contributed by atoms with Gasteiger partial charge in [-0.05, 0) is 32.0 Å². The second-order valence-corrected chi connectivity index (χ2v) is 4.00. The maximum atomic E-state index is 11.4. The third kappa shape index (κ3) is 4.33. The van der Waals surface area contributed by atoms with Gasteiger partial charge in [0, 0.05) is 13.1 Å². The number of esters is 1. The highest BCUT2D eigenvalue weighted by Crippen LogP contribution is 2.11. The van der Waals surface area contributed by atoms with Crippen molar-refractivity contribution in [1.29, 1.82) is 0 Å². The predicted octanol–water partition coefficient (Wildman–Crippen LogP) is 1.59. The number of ether oxygens (including phenoxy) is 1. The molecule has 5 nitrogen and oxygen atoms in total. The summed E-state index contributed by atoms with van der Waals surface area (Å²) in [5.74, 6) is 0.426. The average Bonchev–Trinajstić information content (AvgIpc) is 2.38. The lowest BCUT2D eigenvalue weighted by atomic mass is 10.2. The van der Waals surface area contributed by atoms with Crippen molar-refractivity contribution in [1.82, 2.24) is 10.3 Å². The second-order valence-electron chi connectivity index (χ2n) is 4.00. The van der Waals surface area contributed by atoms with E-state index in [0.29, 0.717) is 11.3 Å². The summed E-state index contributed by atoms with van der Waals surface area (Å²) in [4.78, 5) is 15.7. The molecule has 100 valence electrons. The van der Waals surface area contributed by atoms with Gasteiger partial charge in [-0.15, -0.1) is 0 Å². The monoisotopic (exact) mass is 251 g/mol. The highest BCUT2D eigenvalue weighted by Gasteiger charge is 2.10. The highest BCUT2D eigenvalue weighted by molar-refractivity contribution is 5.90. The minimum Gasteiger partial charge on any atom is -0.465 e. The topological polar surface area (TPSA) is 63.2 Å². The van der Waals surface area contributed by atoms with Crippen LogP contribution in [-0.2, 0) is 4.74 Å². The van der Waals surface area contributed by atoms with E-state index in [0.717, 1.165) is 31.9 Å². The van der Waals surface area contributed by atoms with Gasteiger partial charge in [0.1, 0.15) is 5.82 Å². The zero-order chi connectivity index (χ0) is 13.4. The van der Waals surface area contributed by atoms with Gasteiger partial charge in [-0.2, -0.15) is 0 Å². The Labute approximate surface area is 108 Å². The number of anilines is 1. The molecule has 0 saturated carbocycles. The molecule has 18 heavy (non-hydrogen) atoms. The summed E-state index contributed by atoms with van der Waals surface area (Å²) in [6, 6.07) is 3.52. The van der Waals surface area contributed by atoms with Gasteiger partial charge in [0.15, 0.2) is 0 Å². The van der Waals surface area contributed by atoms with Crippen LogP contribution in [0, 0.1) is 6.92 Å². The lowest BCUT2D eigenvalue weighted by Crippen LogP contribution is -2.23. The number of carbonyl (C=O) groups excluding carboxylic acids is 1. The van der Waals surface area contributed by atoms with E-state index < -0.39 is 0 Å². The van der Waals surface area contributed by atoms with Crippen molar-refractivity contribution in [3.63, 3.8) is 0 Å². The standard InChI is InChI=1S/C13H21N3O2/c1-4-7-14-8-9-15-12-6-5-11(10(2)16-12)13(17)18-3/h5-6,14H,4,7-9H2,1-3H3,(H,15,16). The van der Waals surface area contributed by atoms with E-state index in [-0.39, 0.29) is 5.97 Å². The van der Waals surface area contributed by atoms with Crippen LogP contribution in [0.25, 0.3) is 0 Å². The number of nitrogens with one attached hydrogen (secondary N) is 2. The molecule has 0 spiro atoms. The lowest BCUT2D eigenvalue weighted by Gasteiger charge is -2.09. The zero-order valence-corrected chi connectivity index (χ0v) is 11.2. The molecule has 0 aliphatic rings. The molecule has 1 heterocycles. The third-order valence-electron chi connectivity index (χ3n) is 2.53. The Kier molecular flexibility index (Phi) is 6.14. The van der Waals surface area contributed by atoms with E-state index in [2.05, 4.69) is 27.3 Å². The Morgan fingerprint density at radius 3 is 2.72 bits per heavy atom. The number of hydrogen-bond donors (Lipinski definition) is 2. The molecule has 0 saturated heterocycles. The first-order chi connectivity index (χ1) is 8.69. The van der Waals surface area contributed by atoms with Crippen molar-refractivity contribution in [2.24, 2.45) is 0 Å². The molecule has 0 amide bonds. The molecular formula is C13H21N3O2. The molecule has 0 aliphatic heterocycles. The third-order valence-corrected chi connectivity index (χ3v) is 2.53. The molecule has 0 atom stereocenters. The van der Waals surface area contributed by atoms with Crippen molar-refractivity contribution in [3.05, 3.63) is 23.4 Å². The lowest BCUT2D eigenvalue weighted by molar-refractivity contribution is 0.0599. The molecule has 0 aromatic carbocycles. The Morgan fingerprint density at radius 1 is 1.33 bits per heavy atom. The number of carbonyl (C=O) groups is 1. The highest BCUT2D eigenvalue weighted by atomic mass is 16.5. The van der Waals surface area contributed by atoms with Crippen molar-refractivity contribution in [2.45, 2.75) is 20.3 Å². The number of nitrogens with zero attached hydrogens (tertiary/aromatic N) is 1. The van der Waals surface area contributed by atoms with Crippen LogP contribution in [0.3, 0.4) is 0 Å². The fraction of sp³-hybridized carbons (Fsp3) is 0.538. The largest absolute Gasteiger partial charge is 0.465 e. The Hall–Kier alpha value is -1.62. The number of pyridine rings is 1. The van der Waals surface area contributed by atoms with Gasteiger partial charge in [-0.3, -0.25) is 0 Å². The average molecular weight is 251 g/mol. The minimum atomic E-state index is -0.351. The molecule has 0 aliphatic carbocycles. The molecule has 1 rings (SSSR count). The molecule has 0 radical (unpaired) electrons. The molecule has 0 unspecified atom stereocenters. The summed E-state index contributed by atoms with van der Waals surface area (Å²) in [7, 11) is 1.37. The van der Waals surface area contributed by atoms with E-state index in [1.807, 2.05) is 0 Å². The fourth-order valence-corrected chi connectivity index (χ4v) is 1.57. The van der Waals surface area contributed by atoms with Crippen LogP contribution in [-0.4, -0.2) is 37.7 Å². The van der Waals surface area contributed by atoms with Crippen LogP contribution in [0.15, 0.2) is 12.1 Å². The van der Waals surface area contributed by atoms with Crippen LogP contribution in [0.4, 0.5) is 5.82 Å². The quantitative estimate of drug-likeness (QED) is 0.569. The number of aromatic nitrogens is 1. The summed E-state index contributed by atoms with van der Waals surface area (Å²) < 4.78 is 4.67. The van der Waals surface area contributed by atoms with Crippen LogP contribution < -0.4 is 10.6 Å². The Morgan fingerprint density at radius 2 is 2.11 bits per heavy atom. The molecule has 2 N–H and O–H groups in total. The van der Waals surface area contributed by atoms with E-state index in [4.69, 9.17) is 0 Å². The molecule has 0 fully saturated rings. The molecule has 0 bridgehead atoms. The normalized spacial score (nSPS) is 10.2. The number of hydrogen-bond acceptors (Lipinski definition) is 5. The zero-order valence-electron chi connectivity index (χ0n) is 11.2. The summed E-state index contributed by atoms with van der Waals surface area (Å²) in [6.07, 6.45) is 1.13. The predicted molar refractivity (Wildman–Crippen MR) is 72.0 cm³/mol. The number of rotatable bonds is 7. The molecule has 1 aromatic heterocycles. The van der Waals surface area contributed by atoms with Crippen LogP contribution in [0.1, 0.15) is 29.4 Å².